The third-order valence-electron chi connectivity index (χ3n) is 3.02. The molecule has 16 heavy (non-hydrogen) atoms. The summed E-state index contributed by atoms with van der Waals surface area (Å²) in [6.07, 6.45) is 2.17. The minimum absolute atomic E-state index is 0.202. The second kappa shape index (κ2) is 5.57. The van der Waals surface area contributed by atoms with E-state index in [9.17, 15) is 4.79 Å². The van der Waals surface area contributed by atoms with Crippen molar-refractivity contribution >= 4 is 17.1 Å². The third-order valence-corrected chi connectivity index (χ3v) is 3.94. The molecule has 3 nitrogen and oxygen atoms in total. The van der Waals surface area contributed by atoms with Crippen molar-refractivity contribution in [1.82, 2.24) is 4.90 Å². The van der Waals surface area contributed by atoms with Gasteiger partial charge in [-0.2, -0.15) is 0 Å². The highest BCUT2D eigenvalue weighted by molar-refractivity contribution is 7.12. The van der Waals surface area contributed by atoms with E-state index < -0.39 is 0 Å². The van der Waals surface area contributed by atoms with E-state index in [1.54, 1.807) is 0 Å². The SMILES string of the molecule is O=C(CN1CCC[C@@H](CO)C1)c1cccs1. The third kappa shape index (κ3) is 2.90. The Labute approximate surface area is 99.7 Å². The summed E-state index contributed by atoms with van der Waals surface area (Å²) in [5.74, 6) is 0.554. The molecule has 1 fully saturated rings. The molecule has 0 aliphatic carbocycles. The quantitative estimate of drug-likeness (QED) is 0.812. The Morgan fingerprint density at radius 1 is 1.62 bits per heavy atom. The zero-order chi connectivity index (χ0) is 11.4. The van der Waals surface area contributed by atoms with Gasteiger partial charge in [0.25, 0.3) is 0 Å². The van der Waals surface area contributed by atoms with Gasteiger partial charge in [-0.25, -0.2) is 0 Å². The predicted octanol–water partition coefficient (Wildman–Crippen LogP) is 1.64. The molecule has 1 aromatic rings. The lowest BCUT2D eigenvalue weighted by Gasteiger charge is -2.30. The maximum atomic E-state index is 11.9. The summed E-state index contributed by atoms with van der Waals surface area (Å²) >= 11 is 1.50. The van der Waals surface area contributed by atoms with E-state index in [0.717, 1.165) is 30.8 Å². The van der Waals surface area contributed by atoms with Gasteiger partial charge in [0.1, 0.15) is 0 Å². The zero-order valence-electron chi connectivity index (χ0n) is 9.26. The molecule has 2 heterocycles. The summed E-state index contributed by atoms with van der Waals surface area (Å²) in [4.78, 5) is 14.9. The van der Waals surface area contributed by atoms with Crippen molar-refractivity contribution < 1.29 is 9.90 Å². The van der Waals surface area contributed by atoms with Crippen LogP contribution in [0.25, 0.3) is 0 Å². The fraction of sp³-hybridized carbons (Fsp3) is 0.583. The van der Waals surface area contributed by atoms with Crippen LogP contribution in [-0.2, 0) is 0 Å². The minimum atomic E-state index is 0.202. The van der Waals surface area contributed by atoms with Gasteiger partial charge >= 0.3 is 0 Å². The first-order chi connectivity index (χ1) is 7.79. The average Bonchev–Trinajstić information content (AvgIpc) is 2.83. The highest BCUT2D eigenvalue weighted by atomic mass is 32.1. The molecule has 0 bridgehead atoms. The summed E-state index contributed by atoms with van der Waals surface area (Å²) in [6, 6.07) is 3.78. The monoisotopic (exact) mass is 239 g/mol. The Hall–Kier alpha value is -0.710. The molecule has 88 valence electrons. The Morgan fingerprint density at radius 2 is 2.50 bits per heavy atom. The standard InChI is InChI=1S/C12H17NO2S/c14-9-10-3-1-5-13(7-10)8-11(15)12-4-2-6-16-12/h2,4,6,10,14H,1,3,5,7-9H2/t10-/m1/s1. The van der Waals surface area contributed by atoms with Crippen molar-refractivity contribution in [3.8, 4) is 0 Å². The molecule has 1 aliphatic rings. The highest BCUT2D eigenvalue weighted by Gasteiger charge is 2.21. The topological polar surface area (TPSA) is 40.5 Å². The number of aliphatic hydroxyl groups is 1. The molecule has 0 spiro atoms. The van der Waals surface area contributed by atoms with Gasteiger partial charge in [0.15, 0.2) is 5.78 Å². The predicted molar refractivity (Wildman–Crippen MR) is 64.9 cm³/mol. The summed E-state index contributed by atoms with van der Waals surface area (Å²) in [5, 5.41) is 11.0. The second-order valence-corrected chi connectivity index (χ2v) is 5.27. The van der Waals surface area contributed by atoms with Crippen LogP contribution < -0.4 is 0 Å². The van der Waals surface area contributed by atoms with Gasteiger partial charge in [0.2, 0.25) is 0 Å². The number of rotatable bonds is 4. The van der Waals surface area contributed by atoms with Crippen LogP contribution in [0.1, 0.15) is 22.5 Å². The van der Waals surface area contributed by atoms with Crippen LogP contribution in [0, 0.1) is 5.92 Å². The van der Waals surface area contributed by atoms with Gasteiger partial charge in [-0.3, -0.25) is 9.69 Å². The van der Waals surface area contributed by atoms with Gasteiger partial charge in [-0.05, 0) is 36.8 Å². The maximum Gasteiger partial charge on any atom is 0.186 e. The summed E-state index contributed by atoms with van der Waals surface area (Å²) in [7, 11) is 0. The molecule has 1 saturated heterocycles. The fourth-order valence-electron chi connectivity index (χ4n) is 2.16. The van der Waals surface area contributed by atoms with E-state index in [1.165, 1.54) is 11.3 Å². The molecule has 1 N–H and O–H groups in total. The van der Waals surface area contributed by atoms with Crippen LogP contribution in [0.4, 0.5) is 0 Å². The molecule has 1 aromatic heterocycles. The Balaban J connectivity index is 1.87. The number of ketones is 1. The first-order valence-electron chi connectivity index (χ1n) is 5.69. The van der Waals surface area contributed by atoms with Gasteiger partial charge in [0.05, 0.1) is 11.4 Å². The molecule has 1 atom stereocenters. The molecule has 0 radical (unpaired) electrons. The number of hydrogen-bond acceptors (Lipinski definition) is 4. The lowest BCUT2D eigenvalue weighted by atomic mass is 9.99. The van der Waals surface area contributed by atoms with Crippen LogP contribution in [0.15, 0.2) is 17.5 Å². The molecule has 1 aliphatic heterocycles. The number of likely N-dealkylation sites (tertiary alicyclic amines) is 1. The molecule has 2 rings (SSSR count). The number of carbonyl (C=O) groups excluding carboxylic acids is 1. The smallest absolute Gasteiger partial charge is 0.186 e. The van der Waals surface area contributed by atoms with Gasteiger partial charge < -0.3 is 5.11 Å². The van der Waals surface area contributed by atoms with Crippen molar-refractivity contribution in [2.24, 2.45) is 5.92 Å². The largest absolute Gasteiger partial charge is 0.396 e. The zero-order valence-corrected chi connectivity index (χ0v) is 10.1. The summed E-state index contributed by atoms with van der Waals surface area (Å²) in [5.41, 5.74) is 0. The van der Waals surface area contributed by atoms with Crippen molar-refractivity contribution in [2.45, 2.75) is 12.8 Å². The average molecular weight is 239 g/mol. The van der Waals surface area contributed by atoms with Crippen LogP contribution in [-0.4, -0.2) is 42.0 Å². The molecule has 0 amide bonds. The van der Waals surface area contributed by atoms with Crippen LogP contribution in [0.3, 0.4) is 0 Å². The molecular formula is C12H17NO2S. The number of carbonyl (C=O) groups is 1. The lowest BCUT2D eigenvalue weighted by Crippen LogP contribution is -2.39. The maximum absolute atomic E-state index is 11.9. The second-order valence-electron chi connectivity index (χ2n) is 4.33. The summed E-state index contributed by atoms with van der Waals surface area (Å²) in [6.45, 7) is 2.57. The number of Topliss-reactive ketones (excluding diaryl/α,β-unsaturated/α-hetero) is 1. The number of aliphatic hydroxyl groups excluding tert-OH is 1. The minimum Gasteiger partial charge on any atom is -0.396 e. The molecular weight excluding hydrogens is 222 g/mol. The van der Waals surface area contributed by atoms with E-state index in [4.69, 9.17) is 5.11 Å². The van der Waals surface area contributed by atoms with Crippen molar-refractivity contribution in [3.05, 3.63) is 22.4 Å². The van der Waals surface area contributed by atoms with Crippen LogP contribution in [0.2, 0.25) is 0 Å². The summed E-state index contributed by atoms with van der Waals surface area (Å²) < 4.78 is 0. The first-order valence-corrected chi connectivity index (χ1v) is 6.57. The molecule has 0 aromatic carbocycles. The van der Waals surface area contributed by atoms with Gasteiger partial charge in [0, 0.05) is 13.2 Å². The fourth-order valence-corrected chi connectivity index (χ4v) is 2.82. The Kier molecular flexibility index (Phi) is 4.09. The van der Waals surface area contributed by atoms with E-state index in [2.05, 4.69) is 4.90 Å². The molecule has 0 saturated carbocycles. The van der Waals surface area contributed by atoms with Crippen LogP contribution >= 0.6 is 11.3 Å². The Morgan fingerprint density at radius 3 is 3.19 bits per heavy atom. The highest BCUT2D eigenvalue weighted by Crippen LogP contribution is 2.17. The van der Waals surface area contributed by atoms with E-state index >= 15 is 0 Å². The van der Waals surface area contributed by atoms with Crippen LogP contribution in [0.5, 0.6) is 0 Å². The van der Waals surface area contributed by atoms with E-state index in [1.807, 2.05) is 17.5 Å². The van der Waals surface area contributed by atoms with Crippen molar-refractivity contribution in [3.63, 3.8) is 0 Å². The van der Waals surface area contributed by atoms with Gasteiger partial charge in [-0.15, -0.1) is 11.3 Å². The van der Waals surface area contributed by atoms with Gasteiger partial charge in [-0.1, -0.05) is 6.07 Å². The number of hydrogen-bond donors (Lipinski definition) is 1. The lowest BCUT2D eigenvalue weighted by molar-refractivity contribution is 0.0837. The number of piperidine rings is 1. The van der Waals surface area contributed by atoms with Crippen molar-refractivity contribution in [1.29, 1.82) is 0 Å². The van der Waals surface area contributed by atoms with E-state index in [0.29, 0.717) is 12.5 Å². The normalized spacial score (nSPS) is 22.2. The molecule has 0 unspecified atom stereocenters. The number of thiophene rings is 1. The molecule has 4 heteroatoms. The van der Waals surface area contributed by atoms with E-state index in [-0.39, 0.29) is 12.4 Å². The first kappa shape index (κ1) is 11.8. The van der Waals surface area contributed by atoms with Crippen molar-refractivity contribution in [2.75, 3.05) is 26.2 Å². The Bertz CT molecular complexity index is 337. The number of nitrogens with zero attached hydrogens (tertiary/aromatic N) is 1.